The van der Waals surface area contributed by atoms with Crippen molar-refractivity contribution in [3.8, 4) is 10.6 Å². The maximum atomic E-state index is 12.2. The topological polar surface area (TPSA) is 45.2 Å². The number of carbonyl (C=O) groups is 1. The zero-order valence-electron chi connectivity index (χ0n) is 14.3. The fraction of sp³-hybridized carbons (Fsp3) is 0.444. The van der Waals surface area contributed by atoms with Crippen LogP contribution in [0.3, 0.4) is 0 Å². The van der Waals surface area contributed by atoms with Crippen LogP contribution in [-0.2, 0) is 0 Å². The van der Waals surface area contributed by atoms with Crippen LogP contribution in [0.2, 0.25) is 0 Å². The van der Waals surface area contributed by atoms with Gasteiger partial charge < -0.3 is 5.32 Å². The molecule has 0 spiro atoms. The molecule has 0 radical (unpaired) electrons. The van der Waals surface area contributed by atoms with E-state index in [0.29, 0.717) is 18.3 Å². The van der Waals surface area contributed by atoms with Gasteiger partial charge >= 0.3 is 0 Å². The van der Waals surface area contributed by atoms with E-state index in [9.17, 15) is 4.79 Å². The molecule has 4 nitrogen and oxygen atoms in total. The summed E-state index contributed by atoms with van der Waals surface area (Å²) in [6.45, 7) is 11.0. The number of hydrogen-bond donors (Lipinski definition) is 1. The highest BCUT2D eigenvalue weighted by Gasteiger charge is 2.12. The van der Waals surface area contributed by atoms with Crippen LogP contribution in [0.4, 0.5) is 0 Å². The van der Waals surface area contributed by atoms with E-state index in [4.69, 9.17) is 0 Å². The number of hydrogen-bond acceptors (Lipinski definition) is 4. The minimum atomic E-state index is -0.0978. The number of thiazole rings is 1. The first-order chi connectivity index (χ1) is 11.0. The van der Waals surface area contributed by atoms with Gasteiger partial charge in [-0.3, -0.25) is 9.69 Å². The quantitative estimate of drug-likeness (QED) is 0.843. The van der Waals surface area contributed by atoms with Crippen LogP contribution in [0, 0.1) is 6.92 Å². The van der Waals surface area contributed by atoms with Crippen molar-refractivity contribution >= 4 is 17.2 Å². The molecule has 1 amide bonds. The smallest absolute Gasteiger partial charge is 0.270 e. The fourth-order valence-electron chi connectivity index (χ4n) is 2.39. The molecule has 1 aromatic carbocycles. The molecule has 124 valence electrons. The first-order valence-corrected chi connectivity index (χ1v) is 8.94. The molecular weight excluding hydrogens is 306 g/mol. The molecule has 0 unspecified atom stereocenters. The molecule has 1 aromatic heterocycles. The number of carbonyl (C=O) groups excluding carboxylic acids is 1. The summed E-state index contributed by atoms with van der Waals surface area (Å²) in [7, 11) is 0. The van der Waals surface area contributed by atoms with Gasteiger partial charge in [0, 0.05) is 30.1 Å². The number of nitrogens with one attached hydrogen (secondary N) is 1. The van der Waals surface area contributed by atoms with Crippen LogP contribution in [-0.4, -0.2) is 41.5 Å². The number of likely N-dealkylation sites (N-methyl/N-ethyl adjacent to an activating group) is 1. The minimum absolute atomic E-state index is 0.0978. The standard InChI is InChI=1S/C18H25N3OS/c1-5-21(13(2)3)11-10-19-17(22)16-12-23-18(20-16)15-8-6-14(4)7-9-15/h6-9,12-13H,5,10-11H2,1-4H3,(H,19,22). The van der Waals surface area contributed by atoms with Crippen LogP contribution in [0.25, 0.3) is 10.6 Å². The van der Waals surface area contributed by atoms with Crippen molar-refractivity contribution in [1.29, 1.82) is 0 Å². The Hall–Kier alpha value is -1.72. The second-order valence-corrected chi connectivity index (χ2v) is 6.74. The third-order valence-corrected chi connectivity index (χ3v) is 4.75. The molecule has 2 aromatic rings. The largest absolute Gasteiger partial charge is 0.349 e. The predicted molar refractivity (Wildman–Crippen MR) is 97.0 cm³/mol. The lowest BCUT2D eigenvalue weighted by Crippen LogP contribution is -2.38. The van der Waals surface area contributed by atoms with E-state index in [1.807, 2.05) is 17.5 Å². The van der Waals surface area contributed by atoms with Crippen molar-refractivity contribution in [2.75, 3.05) is 19.6 Å². The van der Waals surface area contributed by atoms with Gasteiger partial charge in [0.05, 0.1) is 0 Å². The molecule has 0 saturated carbocycles. The molecular formula is C18H25N3OS. The van der Waals surface area contributed by atoms with E-state index >= 15 is 0 Å². The van der Waals surface area contributed by atoms with Crippen LogP contribution in [0.5, 0.6) is 0 Å². The molecule has 1 N–H and O–H groups in total. The highest BCUT2D eigenvalue weighted by molar-refractivity contribution is 7.13. The third-order valence-electron chi connectivity index (χ3n) is 3.86. The fourth-order valence-corrected chi connectivity index (χ4v) is 3.20. The van der Waals surface area contributed by atoms with Gasteiger partial charge in [-0.05, 0) is 27.3 Å². The van der Waals surface area contributed by atoms with E-state index in [-0.39, 0.29) is 5.91 Å². The van der Waals surface area contributed by atoms with Crippen LogP contribution < -0.4 is 5.32 Å². The zero-order chi connectivity index (χ0) is 16.8. The van der Waals surface area contributed by atoms with Crippen LogP contribution >= 0.6 is 11.3 Å². The second-order valence-electron chi connectivity index (χ2n) is 5.88. The van der Waals surface area contributed by atoms with E-state index < -0.39 is 0 Å². The highest BCUT2D eigenvalue weighted by Crippen LogP contribution is 2.23. The molecule has 0 saturated heterocycles. The number of rotatable bonds is 7. The molecule has 0 aliphatic rings. The van der Waals surface area contributed by atoms with Crippen molar-refractivity contribution < 1.29 is 4.79 Å². The number of benzene rings is 1. The Balaban J connectivity index is 1.92. The zero-order valence-corrected chi connectivity index (χ0v) is 15.1. The molecule has 0 bridgehead atoms. The Kier molecular flexibility index (Phi) is 6.30. The predicted octanol–water partition coefficient (Wildman–Crippen LogP) is 3.58. The number of amides is 1. The van der Waals surface area contributed by atoms with Crippen LogP contribution in [0.15, 0.2) is 29.6 Å². The minimum Gasteiger partial charge on any atom is -0.349 e. The highest BCUT2D eigenvalue weighted by atomic mass is 32.1. The first-order valence-electron chi connectivity index (χ1n) is 8.06. The summed E-state index contributed by atoms with van der Waals surface area (Å²) in [6, 6.07) is 8.68. The number of aryl methyl sites for hydroxylation is 1. The second kappa shape index (κ2) is 8.22. The summed E-state index contributed by atoms with van der Waals surface area (Å²) < 4.78 is 0. The Morgan fingerprint density at radius 2 is 2.00 bits per heavy atom. The van der Waals surface area contributed by atoms with Gasteiger partial charge in [-0.2, -0.15) is 0 Å². The maximum absolute atomic E-state index is 12.2. The van der Waals surface area contributed by atoms with Gasteiger partial charge in [0.1, 0.15) is 10.7 Å². The molecule has 0 aliphatic heterocycles. The van der Waals surface area contributed by atoms with Gasteiger partial charge in [0.15, 0.2) is 0 Å². The molecule has 0 atom stereocenters. The van der Waals surface area contributed by atoms with E-state index in [0.717, 1.165) is 23.7 Å². The Labute approximate surface area is 142 Å². The average molecular weight is 331 g/mol. The van der Waals surface area contributed by atoms with Gasteiger partial charge in [0.25, 0.3) is 5.91 Å². The summed E-state index contributed by atoms with van der Waals surface area (Å²) in [5, 5.41) is 5.66. The molecule has 5 heteroatoms. The van der Waals surface area contributed by atoms with Crippen molar-refractivity contribution in [3.63, 3.8) is 0 Å². The van der Waals surface area contributed by atoms with Crippen molar-refractivity contribution in [3.05, 3.63) is 40.9 Å². The van der Waals surface area contributed by atoms with Gasteiger partial charge in [-0.1, -0.05) is 36.8 Å². The summed E-state index contributed by atoms with van der Waals surface area (Å²) in [6.07, 6.45) is 0. The monoisotopic (exact) mass is 331 g/mol. The maximum Gasteiger partial charge on any atom is 0.270 e. The average Bonchev–Trinajstić information content (AvgIpc) is 3.01. The van der Waals surface area contributed by atoms with Crippen molar-refractivity contribution in [2.45, 2.75) is 33.7 Å². The van der Waals surface area contributed by atoms with Crippen molar-refractivity contribution in [2.24, 2.45) is 0 Å². The molecule has 1 heterocycles. The Morgan fingerprint density at radius 1 is 1.30 bits per heavy atom. The summed E-state index contributed by atoms with van der Waals surface area (Å²) >= 11 is 1.50. The van der Waals surface area contributed by atoms with E-state index in [2.05, 4.69) is 55.0 Å². The third kappa shape index (κ3) is 4.88. The number of aromatic nitrogens is 1. The van der Waals surface area contributed by atoms with E-state index in [1.165, 1.54) is 16.9 Å². The Morgan fingerprint density at radius 3 is 2.61 bits per heavy atom. The molecule has 0 aliphatic carbocycles. The van der Waals surface area contributed by atoms with Crippen molar-refractivity contribution in [1.82, 2.24) is 15.2 Å². The van der Waals surface area contributed by atoms with Gasteiger partial charge in [0.2, 0.25) is 0 Å². The number of nitrogens with zero attached hydrogens (tertiary/aromatic N) is 2. The van der Waals surface area contributed by atoms with E-state index in [1.54, 1.807) is 0 Å². The van der Waals surface area contributed by atoms with Gasteiger partial charge in [-0.15, -0.1) is 11.3 Å². The lowest BCUT2D eigenvalue weighted by Gasteiger charge is -2.24. The lowest BCUT2D eigenvalue weighted by atomic mass is 10.2. The molecule has 23 heavy (non-hydrogen) atoms. The Bertz CT molecular complexity index is 634. The summed E-state index contributed by atoms with van der Waals surface area (Å²) in [5.41, 5.74) is 2.77. The SMILES string of the molecule is CCN(CCNC(=O)c1csc(-c2ccc(C)cc2)n1)C(C)C. The molecule has 2 rings (SSSR count). The van der Waals surface area contributed by atoms with Crippen LogP contribution in [0.1, 0.15) is 36.8 Å². The normalized spacial score (nSPS) is 11.2. The van der Waals surface area contributed by atoms with Gasteiger partial charge in [-0.25, -0.2) is 4.98 Å². The summed E-state index contributed by atoms with van der Waals surface area (Å²) in [5.74, 6) is -0.0978. The lowest BCUT2D eigenvalue weighted by molar-refractivity contribution is 0.0941. The molecule has 0 fully saturated rings. The summed E-state index contributed by atoms with van der Waals surface area (Å²) in [4.78, 5) is 19.0. The first kappa shape index (κ1) is 17.6.